The molecule has 7 heteroatoms. The van der Waals surface area contributed by atoms with E-state index in [4.69, 9.17) is 5.73 Å². The van der Waals surface area contributed by atoms with Gasteiger partial charge in [-0.1, -0.05) is 6.92 Å². The Hall–Kier alpha value is -2.18. The highest BCUT2D eigenvalue weighted by molar-refractivity contribution is 5.36. The number of hydrogen-bond donors (Lipinski definition) is 2. The van der Waals surface area contributed by atoms with Gasteiger partial charge in [0.1, 0.15) is 6.33 Å². The molecule has 7 nitrogen and oxygen atoms in total. The van der Waals surface area contributed by atoms with E-state index in [9.17, 15) is 0 Å². The van der Waals surface area contributed by atoms with Crippen molar-refractivity contribution in [2.75, 3.05) is 11.1 Å². The molecule has 0 aliphatic heterocycles. The van der Waals surface area contributed by atoms with Crippen molar-refractivity contribution in [3.8, 4) is 5.95 Å². The number of anilines is 2. The van der Waals surface area contributed by atoms with Crippen molar-refractivity contribution >= 4 is 11.9 Å². The SMILES string of the molecule is CC1CCC(Nc2nc(N)nc(-n3ccnc3)n2)C1. The summed E-state index contributed by atoms with van der Waals surface area (Å²) in [4.78, 5) is 16.6. The van der Waals surface area contributed by atoms with Crippen LogP contribution in [-0.2, 0) is 0 Å². The van der Waals surface area contributed by atoms with E-state index in [1.807, 2.05) is 0 Å². The Kier molecular flexibility index (Phi) is 3.02. The molecule has 3 N–H and O–H groups in total. The van der Waals surface area contributed by atoms with Crippen LogP contribution in [0.4, 0.5) is 11.9 Å². The van der Waals surface area contributed by atoms with Gasteiger partial charge in [-0.05, 0) is 25.2 Å². The molecular formula is C12H17N7. The molecule has 1 saturated carbocycles. The number of rotatable bonds is 3. The zero-order chi connectivity index (χ0) is 13.2. The Bertz CT molecular complexity index is 551. The van der Waals surface area contributed by atoms with Gasteiger partial charge in [0.05, 0.1) is 0 Å². The molecule has 1 fully saturated rings. The van der Waals surface area contributed by atoms with Gasteiger partial charge in [0.15, 0.2) is 0 Å². The van der Waals surface area contributed by atoms with Crippen LogP contribution < -0.4 is 11.1 Å². The minimum atomic E-state index is 0.215. The van der Waals surface area contributed by atoms with Crippen molar-refractivity contribution in [1.82, 2.24) is 24.5 Å². The standard InChI is InChI=1S/C12H17N7/c1-8-2-3-9(6-8)15-11-16-10(13)17-12(18-11)19-5-4-14-7-19/h4-5,7-9H,2-3,6H2,1H3,(H3,13,15,16,17,18). The predicted molar refractivity (Wildman–Crippen MR) is 71.8 cm³/mol. The summed E-state index contributed by atoms with van der Waals surface area (Å²) in [6.45, 7) is 2.26. The van der Waals surface area contributed by atoms with Gasteiger partial charge < -0.3 is 11.1 Å². The van der Waals surface area contributed by atoms with E-state index < -0.39 is 0 Å². The molecule has 1 aliphatic carbocycles. The molecule has 0 spiro atoms. The Morgan fingerprint density at radius 1 is 1.32 bits per heavy atom. The van der Waals surface area contributed by atoms with E-state index in [0.717, 1.165) is 18.8 Å². The van der Waals surface area contributed by atoms with E-state index in [2.05, 4.69) is 32.2 Å². The first kappa shape index (κ1) is 11.9. The number of aromatic nitrogens is 5. The number of nitrogens with zero attached hydrogens (tertiary/aromatic N) is 5. The number of nitrogens with one attached hydrogen (secondary N) is 1. The maximum Gasteiger partial charge on any atom is 0.241 e. The van der Waals surface area contributed by atoms with Gasteiger partial charge in [-0.3, -0.25) is 4.57 Å². The first-order chi connectivity index (χ1) is 9.20. The Morgan fingerprint density at radius 3 is 2.89 bits per heavy atom. The van der Waals surface area contributed by atoms with Gasteiger partial charge in [-0.2, -0.15) is 15.0 Å². The molecule has 2 aromatic rings. The Morgan fingerprint density at radius 2 is 2.21 bits per heavy atom. The van der Waals surface area contributed by atoms with Crippen LogP contribution in [-0.4, -0.2) is 30.5 Å². The van der Waals surface area contributed by atoms with E-state index in [1.54, 1.807) is 23.3 Å². The molecule has 0 saturated heterocycles. The van der Waals surface area contributed by atoms with Crippen LogP contribution in [0.2, 0.25) is 0 Å². The van der Waals surface area contributed by atoms with Crippen LogP contribution in [0.3, 0.4) is 0 Å². The summed E-state index contributed by atoms with van der Waals surface area (Å²) in [6.07, 6.45) is 8.61. The molecule has 1 aliphatic rings. The minimum absolute atomic E-state index is 0.215. The van der Waals surface area contributed by atoms with Gasteiger partial charge >= 0.3 is 0 Å². The second kappa shape index (κ2) is 4.83. The van der Waals surface area contributed by atoms with E-state index in [1.165, 1.54) is 6.42 Å². The fourth-order valence-electron chi connectivity index (χ4n) is 2.46. The van der Waals surface area contributed by atoms with E-state index in [-0.39, 0.29) is 5.95 Å². The summed E-state index contributed by atoms with van der Waals surface area (Å²) < 4.78 is 1.71. The van der Waals surface area contributed by atoms with Crippen LogP contribution in [0, 0.1) is 5.92 Å². The van der Waals surface area contributed by atoms with Gasteiger partial charge in [0.25, 0.3) is 0 Å². The highest BCUT2D eigenvalue weighted by Crippen LogP contribution is 2.26. The second-order valence-electron chi connectivity index (χ2n) is 5.05. The number of imidazole rings is 1. The largest absolute Gasteiger partial charge is 0.368 e. The van der Waals surface area contributed by atoms with Crippen molar-refractivity contribution in [3.05, 3.63) is 18.7 Å². The summed E-state index contributed by atoms with van der Waals surface area (Å²) in [5.41, 5.74) is 5.73. The third kappa shape index (κ3) is 2.64. The van der Waals surface area contributed by atoms with Crippen molar-refractivity contribution < 1.29 is 0 Å². The molecule has 0 aromatic carbocycles. The van der Waals surface area contributed by atoms with Crippen LogP contribution in [0.5, 0.6) is 0 Å². The maximum atomic E-state index is 5.73. The molecule has 100 valence electrons. The molecule has 0 radical (unpaired) electrons. The molecule has 0 bridgehead atoms. The molecule has 3 rings (SSSR count). The van der Waals surface area contributed by atoms with Crippen LogP contribution in [0.15, 0.2) is 18.7 Å². The number of nitrogens with two attached hydrogens (primary N) is 1. The summed E-state index contributed by atoms with van der Waals surface area (Å²) >= 11 is 0. The Labute approximate surface area is 111 Å². The first-order valence-corrected chi connectivity index (χ1v) is 6.47. The zero-order valence-corrected chi connectivity index (χ0v) is 10.8. The van der Waals surface area contributed by atoms with Crippen molar-refractivity contribution in [1.29, 1.82) is 0 Å². The van der Waals surface area contributed by atoms with Gasteiger partial charge in [-0.15, -0.1) is 0 Å². The fourth-order valence-corrected chi connectivity index (χ4v) is 2.46. The smallest absolute Gasteiger partial charge is 0.241 e. The summed E-state index contributed by atoms with van der Waals surface area (Å²) in [5.74, 6) is 1.99. The maximum absolute atomic E-state index is 5.73. The quantitative estimate of drug-likeness (QED) is 0.861. The van der Waals surface area contributed by atoms with Gasteiger partial charge in [0.2, 0.25) is 17.8 Å². The fraction of sp³-hybridized carbons (Fsp3) is 0.500. The Balaban J connectivity index is 1.82. The normalized spacial score (nSPS) is 22.6. The average molecular weight is 259 g/mol. The summed E-state index contributed by atoms with van der Waals surface area (Å²) in [7, 11) is 0. The van der Waals surface area contributed by atoms with Gasteiger partial charge in [-0.25, -0.2) is 4.98 Å². The van der Waals surface area contributed by atoms with Crippen molar-refractivity contribution in [3.63, 3.8) is 0 Å². The van der Waals surface area contributed by atoms with Crippen molar-refractivity contribution in [2.24, 2.45) is 5.92 Å². The third-order valence-corrected chi connectivity index (χ3v) is 3.40. The highest BCUT2D eigenvalue weighted by Gasteiger charge is 2.22. The number of hydrogen-bond acceptors (Lipinski definition) is 6. The summed E-state index contributed by atoms with van der Waals surface area (Å²) in [6, 6.07) is 0.424. The lowest BCUT2D eigenvalue weighted by Gasteiger charge is -2.13. The highest BCUT2D eigenvalue weighted by atomic mass is 15.3. The lowest BCUT2D eigenvalue weighted by molar-refractivity contribution is 0.601. The van der Waals surface area contributed by atoms with E-state index in [0.29, 0.717) is 17.9 Å². The van der Waals surface area contributed by atoms with E-state index >= 15 is 0 Å². The van der Waals surface area contributed by atoms with Crippen LogP contribution in [0.1, 0.15) is 26.2 Å². The monoisotopic (exact) mass is 259 g/mol. The zero-order valence-electron chi connectivity index (χ0n) is 10.8. The van der Waals surface area contributed by atoms with Crippen molar-refractivity contribution in [2.45, 2.75) is 32.2 Å². The third-order valence-electron chi connectivity index (χ3n) is 3.40. The summed E-state index contributed by atoms with van der Waals surface area (Å²) in [5, 5.41) is 3.34. The topological polar surface area (TPSA) is 94.5 Å². The lowest BCUT2D eigenvalue weighted by atomic mass is 10.1. The van der Waals surface area contributed by atoms with Crippen LogP contribution >= 0.6 is 0 Å². The second-order valence-corrected chi connectivity index (χ2v) is 5.05. The molecule has 2 atom stereocenters. The predicted octanol–water partition coefficient (Wildman–Crippen LogP) is 1.24. The first-order valence-electron chi connectivity index (χ1n) is 6.47. The molecular weight excluding hydrogens is 242 g/mol. The molecule has 2 unspecified atom stereocenters. The molecule has 0 amide bonds. The molecule has 2 heterocycles. The molecule has 2 aromatic heterocycles. The van der Waals surface area contributed by atoms with Gasteiger partial charge in [0, 0.05) is 18.4 Å². The molecule has 19 heavy (non-hydrogen) atoms. The van der Waals surface area contributed by atoms with Crippen LogP contribution in [0.25, 0.3) is 5.95 Å². The minimum Gasteiger partial charge on any atom is -0.368 e. The average Bonchev–Trinajstić information content (AvgIpc) is 3.00. The number of nitrogen functional groups attached to an aromatic ring is 1. The lowest BCUT2D eigenvalue weighted by Crippen LogP contribution is -2.19.